The van der Waals surface area contributed by atoms with Crippen LogP contribution in [0.5, 0.6) is 0 Å². The standard InChI is InChI=1S/C18H19O2P/c1-20-18(19)14-8-9-15-21(16-10-4-2-5-11-16)17-12-6-3-7-13-17/h2-8,10-14H,9,15H2,1H3/b14-8+. The highest BCUT2D eigenvalue weighted by Gasteiger charge is 2.11. The second kappa shape index (κ2) is 8.39. The Morgan fingerprint density at radius 2 is 1.52 bits per heavy atom. The number of carbonyl (C=O) groups is 1. The first-order valence-corrected chi connectivity index (χ1v) is 8.46. The number of rotatable bonds is 6. The van der Waals surface area contributed by atoms with Gasteiger partial charge in [-0.05, 0) is 31.1 Å². The van der Waals surface area contributed by atoms with E-state index in [-0.39, 0.29) is 13.9 Å². The van der Waals surface area contributed by atoms with Crippen molar-refractivity contribution < 1.29 is 9.53 Å². The molecule has 21 heavy (non-hydrogen) atoms. The maximum Gasteiger partial charge on any atom is 0.330 e. The number of hydrogen-bond acceptors (Lipinski definition) is 2. The summed E-state index contributed by atoms with van der Waals surface area (Å²) in [7, 11) is 1.01. The van der Waals surface area contributed by atoms with E-state index in [1.54, 1.807) is 0 Å². The van der Waals surface area contributed by atoms with Gasteiger partial charge in [0.2, 0.25) is 0 Å². The smallest absolute Gasteiger partial charge is 0.330 e. The van der Waals surface area contributed by atoms with Gasteiger partial charge in [-0.15, -0.1) is 0 Å². The molecule has 0 atom stereocenters. The lowest BCUT2D eigenvalue weighted by Gasteiger charge is -2.17. The highest BCUT2D eigenvalue weighted by atomic mass is 31.1. The van der Waals surface area contributed by atoms with Crippen molar-refractivity contribution in [3.8, 4) is 0 Å². The fraction of sp³-hybridized carbons (Fsp3) is 0.167. The van der Waals surface area contributed by atoms with Crippen LogP contribution in [-0.2, 0) is 9.53 Å². The molecule has 0 aliphatic carbocycles. The van der Waals surface area contributed by atoms with Gasteiger partial charge in [-0.2, -0.15) is 0 Å². The second-order valence-electron chi connectivity index (χ2n) is 4.54. The van der Waals surface area contributed by atoms with E-state index in [0.717, 1.165) is 12.6 Å². The van der Waals surface area contributed by atoms with E-state index in [1.807, 2.05) is 18.2 Å². The monoisotopic (exact) mass is 298 g/mol. The van der Waals surface area contributed by atoms with Crippen molar-refractivity contribution in [2.45, 2.75) is 6.42 Å². The molecule has 0 heterocycles. The molecule has 2 nitrogen and oxygen atoms in total. The van der Waals surface area contributed by atoms with Crippen LogP contribution in [0.3, 0.4) is 0 Å². The molecule has 0 amide bonds. The first kappa shape index (κ1) is 15.5. The van der Waals surface area contributed by atoms with E-state index in [1.165, 1.54) is 23.8 Å². The minimum Gasteiger partial charge on any atom is -0.466 e. The normalized spacial score (nSPS) is 11.0. The van der Waals surface area contributed by atoms with Crippen molar-refractivity contribution in [1.29, 1.82) is 0 Å². The molecule has 0 unspecified atom stereocenters. The molecular weight excluding hydrogens is 279 g/mol. The summed E-state index contributed by atoms with van der Waals surface area (Å²) in [5.41, 5.74) is 0. The Morgan fingerprint density at radius 1 is 1.00 bits per heavy atom. The molecule has 3 heteroatoms. The summed E-state index contributed by atoms with van der Waals surface area (Å²) in [5, 5.41) is 2.73. The summed E-state index contributed by atoms with van der Waals surface area (Å²) >= 11 is 0. The molecule has 0 N–H and O–H groups in total. The van der Waals surface area contributed by atoms with Crippen molar-refractivity contribution in [2.24, 2.45) is 0 Å². The second-order valence-corrected chi connectivity index (χ2v) is 6.87. The summed E-state index contributed by atoms with van der Waals surface area (Å²) in [6, 6.07) is 21.1. The molecule has 0 fully saturated rings. The molecule has 0 spiro atoms. The topological polar surface area (TPSA) is 26.3 Å². The molecule has 2 aromatic rings. The number of benzene rings is 2. The lowest BCUT2D eigenvalue weighted by Crippen LogP contribution is -2.13. The number of hydrogen-bond donors (Lipinski definition) is 0. The third-order valence-corrected chi connectivity index (χ3v) is 5.66. The van der Waals surface area contributed by atoms with Gasteiger partial charge in [-0.3, -0.25) is 0 Å². The number of methoxy groups -OCH3 is 1. The Morgan fingerprint density at radius 3 is 2.00 bits per heavy atom. The first-order valence-electron chi connectivity index (χ1n) is 6.93. The van der Waals surface area contributed by atoms with Crippen LogP contribution in [0, 0.1) is 0 Å². The SMILES string of the molecule is COC(=O)/C=C/CCP(c1ccccc1)c1ccccc1. The quantitative estimate of drug-likeness (QED) is 0.465. The summed E-state index contributed by atoms with van der Waals surface area (Å²) in [4.78, 5) is 11.1. The molecule has 0 saturated carbocycles. The minimum absolute atomic E-state index is 0.293. The van der Waals surface area contributed by atoms with Gasteiger partial charge in [0.25, 0.3) is 0 Å². The Balaban J connectivity index is 2.10. The predicted molar refractivity (Wildman–Crippen MR) is 89.7 cm³/mol. The molecule has 0 saturated heterocycles. The zero-order chi connectivity index (χ0) is 14.9. The van der Waals surface area contributed by atoms with Crippen LogP contribution in [0.15, 0.2) is 72.8 Å². The van der Waals surface area contributed by atoms with E-state index < -0.39 is 0 Å². The van der Waals surface area contributed by atoms with Gasteiger partial charge in [-0.25, -0.2) is 4.79 Å². The molecule has 108 valence electrons. The molecule has 0 bridgehead atoms. The number of esters is 1. The first-order chi connectivity index (χ1) is 10.3. The largest absolute Gasteiger partial charge is 0.466 e. The van der Waals surface area contributed by atoms with Crippen molar-refractivity contribution in [3.63, 3.8) is 0 Å². The Hall–Kier alpha value is -1.92. The van der Waals surface area contributed by atoms with Crippen LogP contribution >= 0.6 is 7.92 Å². The van der Waals surface area contributed by atoms with Crippen LogP contribution in [-0.4, -0.2) is 19.2 Å². The van der Waals surface area contributed by atoms with E-state index in [0.29, 0.717) is 0 Å². The Labute approximate surface area is 127 Å². The zero-order valence-corrected chi connectivity index (χ0v) is 13.0. The van der Waals surface area contributed by atoms with Gasteiger partial charge >= 0.3 is 5.97 Å². The summed E-state index contributed by atoms with van der Waals surface area (Å²) in [6.45, 7) is 0. The van der Waals surface area contributed by atoms with E-state index in [2.05, 4.69) is 53.3 Å². The van der Waals surface area contributed by atoms with Crippen molar-refractivity contribution in [3.05, 3.63) is 72.8 Å². The van der Waals surface area contributed by atoms with Gasteiger partial charge in [0.1, 0.15) is 0 Å². The van der Waals surface area contributed by atoms with E-state index in [4.69, 9.17) is 0 Å². The van der Waals surface area contributed by atoms with Crippen molar-refractivity contribution >= 4 is 24.5 Å². The van der Waals surface area contributed by atoms with Crippen LogP contribution in [0.1, 0.15) is 6.42 Å². The summed E-state index contributed by atoms with van der Waals surface area (Å²) < 4.78 is 4.61. The molecular formula is C18H19O2P. The maximum absolute atomic E-state index is 11.1. The number of carbonyl (C=O) groups excluding carboxylic acids is 1. The molecule has 0 aromatic heterocycles. The van der Waals surface area contributed by atoms with Crippen LogP contribution < -0.4 is 10.6 Å². The Bertz CT molecular complexity index is 539. The third kappa shape index (κ3) is 4.84. The fourth-order valence-electron chi connectivity index (χ4n) is 2.07. The fourth-order valence-corrected chi connectivity index (χ4v) is 4.36. The van der Waals surface area contributed by atoms with Crippen LogP contribution in [0.2, 0.25) is 0 Å². The molecule has 2 aromatic carbocycles. The van der Waals surface area contributed by atoms with E-state index in [9.17, 15) is 4.79 Å². The van der Waals surface area contributed by atoms with Crippen LogP contribution in [0.25, 0.3) is 0 Å². The maximum atomic E-state index is 11.1. The van der Waals surface area contributed by atoms with Crippen molar-refractivity contribution in [1.82, 2.24) is 0 Å². The molecule has 2 rings (SSSR count). The van der Waals surface area contributed by atoms with Gasteiger partial charge in [0.15, 0.2) is 0 Å². The van der Waals surface area contributed by atoms with Gasteiger partial charge in [0, 0.05) is 6.08 Å². The van der Waals surface area contributed by atoms with E-state index >= 15 is 0 Å². The molecule has 0 aliphatic rings. The minimum atomic E-state index is -0.389. The van der Waals surface area contributed by atoms with Crippen LogP contribution in [0.4, 0.5) is 0 Å². The number of allylic oxidation sites excluding steroid dienone is 1. The third-order valence-electron chi connectivity index (χ3n) is 3.11. The Kier molecular flexibility index (Phi) is 6.18. The molecule has 0 aliphatic heterocycles. The average Bonchev–Trinajstić information content (AvgIpc) is 2.56. The van der Waals surface area contributed by atoms with Gasteiger partial charge in [-0.1, -0.05) is 66.7 Å². The highest BCUT2D eigenvalue weighted by molar-refractivity contribution is 7.73. The predicted octanol–water partition coefficient (Wildman–Crippen LogP) is 3.24. The van der Waals surface area contributed by atoms with Gasteiger partial charge in [0.05, 0.1) is 7.11 Å². The highest BCUT2D eigenvalue weighted by Crippen LogP contribution is 2.34. The number of ether oxygens (including phenoxy) is 1. The summed E-state index contributed by atoms with van der Waals surface area (Å²) in [6.07, 6.45) is 5.29. The van der Waals surface area contributed by atoms with Gasteiger partial charge < -0.3 is 4.74 Å². The average molecular weight is 298 g/mol. The zero-order valence-electron chi connectivity index (χ0n) is 12.1. The lowest BCUT2D eigenvalue weighted by atomic mass is 10.4. The summed E-state index contributed by atoms with van der Waals surface area (Å²) in [5.74, 6) is -0.293. The molecule has 0 radical (unpaired) electrons. The van der Waals surface area contributed by atoms with Crippen molar-refractivity contribution in [2.75, 3.05) is 13.3 Å². The lowest BCUT2D eigenvalue weighted by molar-refractivity contribution is -0.134.